The Kier molecular flexibility index (Phi) is 6.20. The maximum Gasteiger partial charge on any atom is 0.218 e. The first-order chi connectivity index (χ1) is 10.4. The van der Waals surface area contributed by atoms with Crippen molar-refractivity contribution in [2.45, 2.75) is 38.0 Å². The van der Waals surface area contributed by atoms with Crippen molar-refractivity contribution in [3.8, 4) is 0 Å². The third-order valence-electron chi connectivity index (χ3n) is 3.85. The van der Waals surface area contributed by atoms with Gasteiger partial charge in [-0.2, -0.15) is 4.31 Å². The molecule has 1 aliphatic heterocycles. The Bertz CT molecular complexity index is 604. The van der Waals surface area contributed by atoms with Gasteiger partial charge in [0.2, 0.25) is 10.0 Å². The Morgan fingerprint density at radius 1 is 1.36 bits per heavy atom. The van der Waals surface area contributed by atoms with Crippen molar-refractivity contribution < 1.29 is 12.8 Å². The molecule has 1 aliphatic rings. The van der Waals surface area contributed by atoms with Gasteiger partial charge in [-0.3, -0.25) is 0 Å². The van der Waals surface area contributed by atoms with E-state index >= 15 is 0 Å². The standard InChI is InChI=1S/C15H22ClFN2O2S/c1-2-9-19(13-5-7-18-8-6-13)22(20,21)11-12-3-4-15(17)14(16)10-12/h3-4,10,13,18H,2,5-9,11H2,1H3. The summed E-state index contributed by atoms with van der Waals surface area (Å²) in [5, 5.41) is 3.20. The molecule has 0 amide bonds. The van der Waals surface area contributed by atoms with E-state index in [1.54, 1.807) is 4.31 Å². The van der Waals surface area contributed by atoms with Crippen LogP contribution in [0.5, 0.6) is 0 Å². The molecule has 0 atom stereocenters. The highest BCUT2D eigenvalue weighted by molar-refractivity contribution is 7.88. The Labute approximate surface area is 136 Å². The van der Waals surface area contributed by atoms with E-state index in [0.29, 0.717) is 12.1 Å². The minimum atomic E-state index is -3.44. The molecule has 7 heteroatoms. The molecule has 4 nitrogen and oxygen atoms in total. The molecular formula is C15H22ClFN2O2S. The maximum atomic E-state index is 13.2. The van der Waals surface area contributed by atoms with Crippen LogP contribution in [0.3, 0.4) is 0 Å². The minimum absolute atomic E-state index is 0.0436. The van der Waals surface area contributed by atoms with Crippen LogP contribution < -0.4 is 5.32 Å². The number of nitrogens with one attached hydrogen (secondary N) is 1. The van der Waals surface area contributed by atoms with Crippen LogP contribution in [0.25, 0.3) is 0 Å². The first-order valence-electron chi connectivity index (χ1n) is 7.58. The van der Waals surface area contributed by atoms with Crippen LogP contribution in [0.15, 0.2) is 18.2 Å². The van der Waals surface area contributed by atoms with E-state index in [9.17, 15) is 12.8 Å². The molecule has 0 aromatic heterocycles. The number of rotatable bonds is 6. The number of piperidine rings is 1. The fraction of sp³-hybridized carbons (Fsp3) is 0.600. The third-order valence-corrected chi connectivity index (χ3v) is 6.03. The molecule has 1 heterocycles. The summed E-state index contributed by atoms with van der Waals surface area (Å²) >= 11 is 5.74. The van der Waals surface area contributed by atoms with Crippen molar-refractivity contribution in [1.82, 2.24) is 9.62 Å². The summed E-state index contributed by atoms with van der Waals surface area (Å²) in [5.74, 6) is -0.678. The fourth-order valence-corrected chi connectivity index (χ4v) is 4.88. The topological polar surface area (TPSA) is 49.4 Å². The van der Waals surface area contributed by atoms with Crippen LogP contribution in [-0.4, -0.2) is 38.4 Å². The largest absolute Gasteiger partial charge is 0.317 e. The molecule has 1 aromatic rings. The SMILES string of the molecule is CCCN(C1CCNCC1)S(=O)(=O)Cc1ccc(F)c(Cl)c1. The second-order valence-electron chi connectivity index (χ2n) is 5.60. The van der Waals surface area contributed by atoms with Crippen LogP contribution in [0.4, 0.5) is 4.39 Å². The van der Waals surface area contributed by atoms with Crippen molar-refractivity contribution in [3.05, 3.63) is 34.6 Å². The molecule has 1 N–H and O–H groups in total. The van der Waals surface area contributed by atoms with Gasteiger partial charge in [-0.15, -0.1) is 0 Å². The molecule has 1 saturated heterocycles. The zero-order valence-electron chi connectivity index (χ0n) is 12.7. The Hall–Kier alpha value is -0.690. The Morgan fingerprint density at radius 2 is 2.05 bits per heavy atom. The van der Waals surface area contributed by atoms with Gasteiger partial charge in [0.1, 0.15) is 5.82 Å². The minimum Gasteiger partial charge on any atom is -0.317 e. The molecule has 22 heavy (non-hydrogen) atoms. The normalized spacial score (nSPS) is 17.1. The molecule has 0 radical (unpaired) electrons. The van der Waals surface area contributed by atoms with Gasteiger partial charge >= 0.3 is 0 Å². The molecule has 0 spiro atoms. The second-order valence-corrected chi connectivity index (χ2v) is 7.93. The lowest BCUT2D eigenvalue weighted by Gasteiger charge is -2.33. The van der Waals surface area contributed by atoms with Crippen molar-refractivity contribution in [2.24, 2.45) is 0 Å². The average Bonchev–Trinajstić information content (AvgIpc) is 2.49. The van der Waals surface area contributed by atoms with E-state index < -0.39 is 15.8 Å². The lowest BCUT2D eigenvalue weighted by atomic mass is 10.1. The number of hydrogen-bond donors (Lipinski definition) is 1. The molecule has 1 fully saturated rings. The van der Waals surface area contributed by atoms with Gasteiger partial charge in [0, 0.05) is 12.6 Å². The van der Waals surface area contributed by atoms with Gasteiger partial charge < -0.3 is 5.32 Å². The van der Waals surface area contributed by atoms with Crippen LogP contribution in [0.1, 0.15) is 31.7 Å². The van der Waals surface area contributed by atoms with E-state index in [0.717, 1.165) is 32.4 Å². The predicted molar refractivity (Wildman–Crippen MR) is 86.9 cm³/mol. The summed E-state index contributed by atoms with van der Waals surface area (Å²) in [6, 6.07) is 4.12. The van der Waals surface area contributed by atoms with Gasteiger partial charge in [0.25, 0.3) is 0 Å². The maximum absolute atomic E-state index is 13.2. The predicted octanol–water partition coefficient (Wildman–Crippen LogP) is 2.77. The van der Waals surface area contributed by atoms with Gasteiger partial charge in [0.05, 0.1) is 10.8 Å². The van der Waals surface area contributed by atoms with Gasteiger partial charge in [-0.25, -0.2) is 12.8 Å². The Morgan fingerprint density at radius 3 is 2.64 bits per heavy atom. The van der Waals surface area contributed by atoms with Crippen molar-refractivity contribution in [3.63, 3.8) is 0 Å². The summed E-state index contributed by atoms with van der Waals surface area (Å²) in [4.78, 5) is 0. The van der Waals surface area contributed by atoms with Crippen LogP contribution in [0.2, 0.25) is 5.02 Å². The van der Waals surface area contributed by atoms with E-state index in [1.165, 1.54) is 18.2 Å². The molecule has 1 aromatic carbocycles. The van der Waals surface area contributed by atoms with Crippen molar-refractivity contribution in [2.75, 3.05) is 19.6 Å². The third kappa shape index (κ3) is 4.41. The van der Waals surface area contributed by atoms with Gasteiger partial charge in [-0.05, 0) is 50.0 Å². The van der Waals surface area contributed by atoms with E-state index in [2.05, 4.69) is 5.32 Å². The number of nitrogens with zero attached hydrogens (tertiary/aromatic N) is 1. The van der Waals surface area contributed by atoms with Gasteiger partial charge in [-0.1, -0.05) is 24.6 Å². The van der Waals surface area contributed by atoms with Crippen LogP contribution >= 0.6 is 11.6 Å². The van der Waals surface area contributed by atoms with Crippen molar-refractivity contribution in [1.29, 1.82) is 0 Å². The summed E-state index contributed by atoms with van der Waals surface area (Å²) < 4.78 is 40.3. The molecule has 124 valence electrons. The van der Waals surface area contributed by atoms with Crippen LogP contribution in [0, 0.1) is 5.82 Å². The first kappa shape index (κ1) is 17.7. The first-order valence-corrected chi connectivity index (χ1v) is 9.57. The molecule has 0 aliphatic carbocycles. The summed E-state index contributed by atoms with van der Waals surface area (Å²) in [6.07, 6.45) is 2.42. The van der Waals surface area contributed by atoms with Crippen LogP contribution in [-0.2, 0) is 15.8 Å². The highest BCUT2D eigenvalue weighted by atomic mass is 35.5. The molecular weight excluding hydrogens is 327 g/mol. The van der Waals surface area contributed by atoms with E-state index in [1.807, 2.05) is 6.92 Å². The summed E-state index contributed by atoms with van der Waals surface area (Å²) in [5.41, 5.74) is 0.515. The van der Waals surface area contributed by atoms with E-state index in [-0.39, 0.29) is 16.8 Å². The highest BCUT2D eigenvalue weighted by Crippen LogP contribution is 2.22. The molecule has 0 bridgehead atoms. The highest BCUT2D eigenvalue weighted by Gasteiger charge is 2.30. The fourth-order valence-electron chi connectivity index (χ4n) is 2.79. The number of hydrogen-bond acceptors (Lipinski definition) is 3. The van der Waals surface area contributed by atoms with Crippen molar-refractivity contribution >= 4 is 21.6 Å². The quantitative estimate of drug-likeness (QED) is 0.860. The zero-order valence-corrected chi connectivity index (χ0v) is 14.3. The number of sulfonamides is 1. The molecule has 2 rings (SSSR count). The Balaban J connectivity index is 2.18. The summed E-state index contributed by atoms with van der Waals surface area (Å²) in [6.45, 7) is 4.16. The van der Waals surface area contributed by atoms with Gasteiger partial charge in [0.15, 0.2) is 0 Å². The zero-order chi connectivity index (χ0) is 16.2. The second kappa shape index (κ2) is 7.73. The molecule has 0 saturated carbocycles. The summed E-state index contributed by atoms with van der Waals surface area (Å²) in [7, 11) is -3.44. The lowest BCUT2D eigenvalue weighted by molar-refractivity contribution is 0.262. The molecule has 0 unspecified atom stereocenters. The monoisotopic (exact) mass is 348 g/mol. The number of benzene rings is 1. The van der Waals surface area contributed by atoms with E-state index in [4.69, 9.17) is 11.6 Å². The smallest absolute Gasteiger partial charge is 0.218 e. The average molecular weight is 349 g/mol. The number of halogens is 2. The lowest BCUT2D eigenvalue weighted by Crippen LogP contribution is -2.46.